The lowest BCUT2D eigenvalue weighted by atomic mass is 9.86. The first-order valence-corrected chi connectivity index (χ1v) is 10.5. The maximum atomic E-state index is 14.2. The quantitative estimate of drug-likeness (QED) is 0.863. The first kappa shape index (κ1) is 19.3. The third kappa shape index (κ3) is 4.07. The molecule has 0 unspecified atom stereocenters. The van der Waals surface area contributed by atoms with E-state index in [2.05, 4.69) is 12.2 Å². The molecule has 144 valence electrons. The summed E-state index contributed by atoms with van der Waals surface area (Å²) in [6, 6.07) is 3.59. The Morgan fingerprint density at radius 3 is 2.62 bits per heavy atom. The van der Waals surface area contributed by atoms with E-state index in [-0.39, 0.29) is 43.8 Å². The molecule has 1 aromatic rings. The zero-order valence-electron chi connectivity index (χ0n) is 14.9. The fourth-order valence-electron chi connectivity index (χ4n) is 3.55. The zero-order valence-corrected chi connectivity index (χ0v) is 15.7. The Balaban J connectivity index is 1.81. The lowest BCUT2D eigenvalue weighted by molar-refractivity contribution is 0.0729. The van der Waals surface area contributed by atoms with Gasteiger partial charge in [0.05, 0.1) is 13.2 Å². The SMILES string of the molecule is C[C@H]1CCCC[C@H]1NC(=O)c1ccc(F)c(S(=O)(=O)N2CCOCC2)c1. The van der Waals surface area contributed by atoms with E-state index in [9.17, 15) is 17.6 Å². The highest BCUT2D eigenvalue weighted by Crippen LogP contribution is 2.25. The Bertz CT molecular complexity index is 762. The molecule has 1 heterocycles. The number of carbonyl (C=O) groups excluding carboxylic acids is 1. The van der Waals surface area contributed by atoms with Crippen LogP contribution in [0.2, 0.25) is 0 Å². The number of hydrogen-bond donors (Lipinski definition) is 1. The van der Waals surface area contributed by atoms with Gasteiger partial charge in [0.15, 0.2) is 0 Å². The molecule has 2 atom stereocenters. The molecule has 0 aromatic heterocycles. The summed E-state index contributed by atoms with van der Waals surface area (Å²) in [4.78, 5) is 12.1. The summed E-state index contributed by atoms with van der Waals surface area (Å²) in [5, 5.41) is 2.97. The van der Waals surface area contributed by atoms with Crippen LogP contribution in [0.5, 0.6) is 0 Å². The van der Waals surface area contributed by atoms with Crippen molar-refractivity contribution in [3.8, 4) is 0 Å². The maximum absolute atomic E-state index is 14.2. The number of morpholine rings is 1. The van der Waals surface area contributed by atoms with E-state index in [0.717, 1.165) is 37.8 Å². The average Bonchev–Trinajstić information content (AvgIpc) is 2.64. The molecule has 2 fully saturated rings. The molecule has 0 spiro atoms. The van der Waals surface area contributed by atoms with E-state index in [1.165, 1.54) is 10.4 Å². The van der Waals surface area contributed by atoms with Crippen LogP contribution < -0.4 is 5.32 Å². The third-order valence-electron chi connectivity index (χ3n) is 5.21. The van der Waals surface area contributed by atoms with Crippen LogP contribution in [0.15, 0.2) is 23.1 Å². The summed E-state index contributed by atoms with van der Waals surface area (Å²) in [5.41, 5.74) is 0.163. The minimum absolute atomic E-state index is 0.0700. The number of rotatable bonds is 4. The first-order valence-electron chi connectivity index (χ1n) is 9.08. The summed E-state index contributed by atoms with van der Waals surface area (Å²) in [6.45, 7) is 3.01. The molecule has 2 aliphatic rings. The van der Waals surface area contributed by atoms with E-state index in [1.54, 1.807) is 0 Å². The highest BCUT2D eigenvalue weighted by atomic mass is 32.2. The molecule has 1 aliphatic heterocycles. The van der Waals surface area contributed by atoms with Crippen molar-refractivity contribution in [1.82, 2.24) is 9.62 Å². The molecular weight excluding hydrogens is 359 g/mol. The van der Waals surface area contributed by atoms with Crippen LogP contribution in [0.1, 0.15) is 43.0 Å². The van der Waals surface area contributed by atoms with Gasteiger partial charge in [-0.25, -0.2) is 12.8 Å². The van der Waals surface area contributed by atoms with E-state index in [1.807, 2.05) is 0 Å². The topological polar surface area (TPSA) is 75.7 Å². The number of hydrogen-bond acceptors (Lipinski definition) is 4. The number of nitrogens with zero attached hydrogens (tertiary/aromatic N) is 1. The second-order valence-electron chi connectivity index (χ2n) is 7.00. The molecule has 8 heteroatoms. The highest BCUT2D eigenvalue weighted by molar-refractivity contribution is 7.89. The zero-order chi connectivity index (χ0) is 18.7. The number of benzene rings is 1. The van der Waals surface area contributed by atoms with Gasteiger partial charge in [0.2, 0.25) is 10.0 Å². The molecule has 1 amide bonds. The smallest absolute Gasteiger partial charge is 0.251 e. The summed E-state index contributed by atoms with van der Waals surface area (Å²) in [7, 11) is -3.99. The Hall–Kier alpha value is -1.51. The minimum Gasteiger partial charge on any atom is -0.379 e. The lowest BCUT2D eigenvalue weighted by Gasteiger charge is -2.29. The Labute approximate surface area is 153 Å². The Kier molecular flexibility index (Phi) is 5.94. The van der Waals surface area contributed by atoms with Crippen LogP contribution in [0.25, 0.3) is 0 Å². The number of sulfonamides is 1. The molecule has 1 N–H and O–H groups in total. The van der Waals surface area contributed by atoms with Crippen molar-refractivity contribution < 1.29 is 22.3 Å². The van der Waals surface area contributed by atoms with Crippen LogP contribution in [-0.4, -0.2) is 51.0 Å². The predicted octanol–water partition coefficient (Wildman–Crippen LogP) is 2.16. The molecule has 6 nitrogen and oxygen atoms in total. The van der Waals surface area contributed by atoms with Crippen molar-refractivity contribution >= 4 is 15.9 Å². The summed E-state index contributed by atoms with van der Waals surface area (Å²) in [5.74, 6) is -0.828. The van der Waals surface area contributed by atoms with Crippen molar-refractivity contribution in [2.45, 2.75) is 43.5 Å². The predicted molar refractivity (Wildman–Crippen MR) is 94.9 cm³/mol. The van der Waals surface area contributed by atoms with Gasteiger partial charge >= 0.3 is 0 Å². The van der Waals surface area contributed by atoms with Gasteiger partial charge in [-0.15, -0.1) is 0 Å². The van der Waals surface area contributed by atoms with Crippen LogP contribution in [0, 0.1) is 11.7 Å². The van der Waals surface area contributed by atoms with Gasteiger partial charge in [0.1, 0.15) is 10.7 Å². The maximum Gasteiger partial charge on any atom is 0.251 e. The summed E-state index contributed by atoms with van der Waals surface area (Å²) >= 11 is 0. The monoisotopic (exact) mass is 384 g/mol. The lowest BCUT2D eigenvalue weighted by Crippen LogP contribution is -2.42. The average molecular weight is 384 g/mol. The second-order valence-corrected chi connectivity index (χ2v) is 8.91. The van der Waals surface area contributed by atoms with Crippen molar-refractivity contribution in [2.75, 3.05) is 26.3 Å². The van der Waals surface area contributed by atoms with Crippen LogP contribution in [-0.2, 0) is 14.8 Å². The molecule has 1 aromatic carbocycles. The highest BCUT2D eigenvalue weighted by Gasteiger charge is 2.30. The van der Waals surface area contributed by atoms with Gasteiger partial charge in [0.25, 0.3) is 5.91 Å². The number of ether oxygens (including phenoxy) is 1. The number of halogens is 1. The minimum atomic E-state index is -3.99. The van der Waals surface area contributed by atoms with Crippen LogP contribution in [0.3, 0.4) is 0 Å². The van der Waals surface area contributed by atoms with Gasteiger partial charge in [-0.05, 0) is 37.0 Å². The van der Waals surface area contributed by atoms with Gasteiger partial charge in [-0.3, -0.25) is 4.79 Å². The van der Waals surface area contributed by atoms with Crippen molar-refractivity contribution in [3.05, 3.63) is 29.6 Å². The van der Waals surface area contributed by atoms with Gasteiger partial charge in [0, 0.05) is 24.7 Å². The van der Waals surface area contributed by atoms with E-state index in [0.29, 0.717) is 5.92 Å². The molecule has 1 saturated heterocycles. The Morgan fingerprint density at radius 2 is 1.92 bits per heavy atom. The fraction of sp³-hybridized carbons (Fsp3) is 0.611. The summed E-state index contributed by atoms with van der Waals surface area (Å²) in [6.07, 6.45) is 4.19. The van der Waals surface area contributed by atoms with E-state index < -0.39 is 20.7 Å². The molecular formula is C18H25FN2O4S. The molecule has 26 heavy (non-hydrogen) atoms. The van der Waals surface area contributed by atoms with Gasteiger partial charge in [-0.2, -0.15) is 4.31 Å². The van der Waals surface area contributed by atoms with Crippen LogP contribution in [0.4, 0.5) is 4.39 Å². The largest absolute Gasteiger partial charge is 0.379 e. The van der Waals surface area contributed by atoms with Gasteiger partial charge < -0.3 is 10.1 Å². The normalized spacial score (nSPS) is 25.0. The molecule has 0 radical (unpaired) electrons. The number of amides is 1. The second kappa shape index (κ2) is 8.02. The first-order chi connectivity index (χ1) is 12.4. The van der Waals surface area contributed by atoms with Crippen molar-refractivity contribution in [2.24, 2.45) is 5.92 Å². The van der Waals surface area contributed by atoms with Crippen molar-refractivity contribution in [3.63, 3.8) is 0 Å². The van der Waals surface area contributed by atoms with Crippen molar-refractivity contribution in [1.29, 1.82) is 0 Å². The number of carbonyl (C=O) groups is 1. The fourth-order valence-corrected chi connectivity index (χ4v) is 5.05. The summed E-state index contributed by atoms with van der Waals surface area (Å²) < 4.78 is 46.0. The third-order valence-corrected chi connectivity index (χ3v) is 7.12. The molecule has 1 saturated carbocycles. The molecule has 3 rings (SSSR count). The number of nitrogens with one attached hydrogen (secondary N) is 1. The Morgan fingerprint density at radius 1 is 1.23 bits per heavy atom. The van der Waals surface area contributed by atoms with E-state index >= 15 is 0 Å². The van der Waals surface area contributed by atoms with E-state index in [4.69, 9.17) is 4.74 Å². The molecule has 1 aliphatic carbocycles. The van der Waals surface area contributed by atoms with Gasteiger partial charge in [-0.1, -0.05) is 19.8 Å². The standard InChI is InChI=1S/C18H25FN2O4S/c1-13-4-2-3-5-16(13)20-18(22)14-6-7-15(19)17(12-14)26(23,24)21-8-10-25-11-9-21/h6-7,12-13,16H,2-5,8-11H2,1H3,(H,20,22)/t13-,16+/m0/s1. The van der Waals surface area contributed by atoms with Crippen LogP contribution >= 0.6 is 0 Å². The molecule has 0 bridgehead atoms.